The van der Waals surface area contributed by atoms with Crippen LogP contribution in [0.1, 0.15) is 38.7 Å². The van der Waals surface area contributed by atoms with E-state index in [1.807, 2.05) is 24.3 Å². The molecule has 1 radical (unpaired) electrons. The van der Waals surface area contributed by atoms with Crippen LogP contribution in [0.4, 0.5) is 0 Å². The summed E-state index contributed by atoms with van der Waals surface area (Å²) in [5, 5.41) is 10.8. The lowest BCUT2D eigenvalue weighted by Crippen LogP contribution is -2.43. The third-order valence-corrected chi connectivity index (χ3v) is 3.75. The zero-order valence-corrected chi connectivity index (χ0v) is 9.53. The van der Waals surface area contributed by atoms with E-state index in [1.165, 1.54) is 6.42 Å². The summed E-state index contributed by atoms with van der Waals surface area (Å²) in [6.07, 6.45) is 3.56. The van der Waals surface area contributed by atoms with Gasteiger partial charge in [-0.1, -0.05) is 44.5 Å². The van der Waals surface area contributed by atoms with Gasteiger partial charge in [0.1, 0.15) is 0 Å². The molecule has 1 saturated carbocycles. The fourth-order valence-electron chi connectivity index (χ4n) is 2.49. The molecule has 0 bridgehead atoms. The zero-order valence-electron chi connectivity index (χ0n) is 9.53. The van der Waals surface area contributed by atoms with E-state index in [-0.39, 0.29) is 5.92 Å². The zero-order chi connectivity index (χ0) is 10.9. The average Bonchev–Trinajstić information content (AvgIpc) is 2.16. The van der Waals surface area contributed by atoms with Crippen LogP contribution in [0.5, 0.6) is 0 Å². The van der Waals surface area contributed by atoms with Crippen molar-refractivity contribution < 1.29 is 5.11 Å². The second-order valence-electron chi connectivity index (χ2n) is 4.88. The van der Waals surface area contributed by atoms with Gasteiger partial charge in [-0.05, 0) is 36.3 Å². The number of hydrogen-bond donors (Lipinski definition) is 1. The van der Waals surface area contributed by atoms with Crippen molar-refractivity contribution in [1.82, 2.24) is 0 Å². The van der Waals surface area contributed by atoms with Crippen molar-refractivity contribution >= 4 is 0 Å². The average molecular weight is 203 g/mol. The summed E-state index contributed by atoms with van der Waals surface area (Å²) in [6, 6.07) is 11.0. The molecule has 0 aliphatic heterocycles. The molecule has 15 heavy (non-hydrogen) atoms. The SMILES string of the molecule is CC(C)C(O)(c1[c]cccc1)C1CCC1. The number of benzene rings is 1. The van der Waals surface area contributed by atoms with Crippen molar-refractivity contribution in [1.29, 1.82) is 0 Å². The summed E-state index contributed by atoms with van der Waals surface area (Å²) in [5.41, 5.74) is 0.296. The summed E-state index contributed by atoms with van der Waals surface area (Å²) in [4.78, 5) is 0. The highest BCUT2D eigenvalue weighted by atomic mass is 16.3. The Morgan fingerprint density at radius 2 is 2.13 bits per heavy atom. The van der Waals surface area contributed by atoms with E-state index >= 15 is 0 Å². The van der Waals surface area contributed by atoms with E-state index in [1.54, 1.807) is 0 Å². The first-order chi connectivity index (χ1) is 7.15. The lowest BCUT2D eigenvalue weighted by molar-refractivity contribution is -0.0931. The minimum Gasteiger partial charge on any atom is -0.385 e. The molecule has 2 rings (SSSR count). The maximum atomic E-state index is 10.8. The molecule has 1 unspecified atom stereocenters. The highest BCUT2D eigenvalue weighted by molar-refractivity contribution is 5.23. The highest BCUT2D eigenvalue weighted by Crippen LogP contribution is 2.46. The smallest absolute Gasteiger partial charge is 0.0953 e. The second-order valence-corrected chi connectivity index (χ2v) is 4.88. The minimum atomic E-state index is -0.667. The Hall–Kier alpha value is -0.820. The van der Waals surface area contributed by atoms with Gasteiger partial charge < -0.3 is 5.11 Å². The monoisotopic (exact) mass is 203 g/mol. The third-order valence-electron chi connectivity index (χ3n) is 3.75. The van der Waals surface area contributed by atoms with E-state index in [2.05, 4.69) is 19.9 Å². The van der Waals surface area contributed by atoms with Crippen LogP contribution in [0.3, 0.4) is 0 Å². The molecule has 1 fully saturated rings. The topological polar surface area (TPSA) is 20.2 Å². The van der Waals surface area contributed by atoms with Gasteiger partial charge in [-0.25, -0.2) is 0 Å². The molecular weight excluding hydrogens is 184 g/mol. The molecule has 1 nitrogen and oxygen atoms in total. The highest BCUT2D eigenvalue weighted by Gasteiger charge is 2.43. The quantitative estimate of drug-likeness (QED) is 0.800. The van der Waals surface area contributed by atoms with Crippen LogP contribution in [0.2, 0.25) is 0 Å². The minimum absolute atomic E-state index is 0.251. The van der Waals surface area contributed by atoms with Gasteiger partial charge in [-0.3, -0.25) is 0 Å². The first-order valence-corrected chi connectivity index (χ1v) is 5.85. The standard InChI is InChI=1S/C14H19O/c1-11(2)14(15,13-9-6-10-13)12-7-4-3-5-8-12/h3-5,7,11,13,15H,6,9-10H2,1-2H3. The maximum Gasteiger partial charge on any atom is 0.0953 e. The normalized spacial score (nSPS) is 21.1. The van der Waals surface area contributed by atoms with Gasteiger partial charge in [0.15, 0.2) is 0 Å². The number of aliphatic hydroxyl groups is 1. The lowest BCUT2D eigenvalue weighted by Gasteiger charge is -2.44. The molecule has 81 valence electrons. The first-order valence-electron chi connectivity index (χ1n) is 5.85. The van der Waals surface area contributed by atoms with Crippen molar-refractivity contribution in [2.75, 3.05) is 0 Å². The summed E-state index contributed by atoms with van der Waals surface area (Å²) in [5.74, 6) is 0.678. The van der Waals surface area contributed by atoms with Crippen molar-refractivity contribution in [2.45, 2.75) is 38.7 Å². The fourth-order valence-corrected chi connectivity index (χ4v) is 2.49. The van der Waals surface area contributed by atoms with Crippen LogP contribution >= 0.6 is 0 Å². The summed E-state index contributed by atoms with van der Waals surface area (Å²) < 4.78 is 0. The van der Waals surface area contributed by atoms with E-state index in [9.17, 15) is 5.11 Å². The molecule has 0 saturated heterocycles. The number of hydrogen-bond acceptors (Lipinski definition) is 1. The molecule has 1 aliphatic carbocycles. The van der Waals surface area contributed by atoms with Crippen molar-refractivity contribution in [3.8, 4) is 0 Å². The van der Waals surface area contributed by atoms with E-state index in [0.29, 0.717) is 5.92 Å². The molecule has 1 N–H and O–H groups in total. The van der Waals surface area contributed by atoms with Crippen LogP contribution in [0.25, 0.3) is 0 Å². The van der Waals surface area contributed by atoms with Gasteiger partial charge in [0, 0.05) is 0 Å². The summed E-state index contributed by atoms with van der Waals surface area (Å²) in [6.45, 7) is 4.19. The second kappa shape index (κ2) is 3.97. The molecule has 0 spiro atoms. The van der Waals surface area contributed by atoms with Crippen molar-refractivity contribution in [2.24, 2.45) is 11.8 Å². The summed E-state index contributed by atoms with van der Waals surface area (Å²) >= 11 is 0. The van der Waals surface area contributed by atoms with Crippen LogP contribution in [-0.4, -0.2) is 5.11 Å². The Morgan fingerprint density at radius 1 is 1.40 bits per heavy atom. The van der Waals surface area contributed by atoms with Crippen molar-refractivity contribution in [3.05, 3.63) is 35.9 Å². The Labute approximate surface area is 92.1 Å². The predicted molar refractivity (Wildman–Crippen MR) is 61.4 cm³/mol. The molecular formula is C14H19O. The third kappa shape index (κ3) is 1.69. The molecule has 1 heteroatoms. The van der Waals surface area contributed by atoms with Gasteiger partial charge in [0.2, 0.25) is 0 Å². The first kappa shape index (κ1) is 10.7. The van der Waals surface area contributed by atoms with Gasteiger partial charge in [0.05, 0.1) is 5.60 Å². The van der Waals surface area contributed by atoms with Crippen LogP contribution < -0.4 is 0 Å². The molecule has 1 aliphatic rings. The molecule has 0 heterocycles. The summed E-state index contributed by atoms with van der Waals surface area (Å²) in [7, 11) is 0. The molecule has 0 aromatic heterocycles. The Bertz CT molecular complexity index is 313. The van der Waals surface area contributed by atoms with E-state index < -0.39 is 5.60 Å². The molecule has 1 atom stereocenters. The van der Waals surface area contributed by atoms with Crippen LogP contribution in [-0.2, 0) is 5.60 Å². The molecule has 0 amide bonds. The number of rotatable bonds is 3. The Morgan fingerprint density at radius 3 is 2.53 bits per heavy atom. The van der Waals surface area contributed by atoms with E-state index in [0.717, 1.165) is 18.4 Å². The maximum absolute atomic E-state index is 10.8. The van der Waals surface area contributed by atoms with Gasteiger partial charge in [-0.2, -0.15) is 0 Å². The Kier molecular flexibility index (Phi) is 2.83. The van der Waals surface area contributed by atoms with Gasteiger partial charge >= 0.3 is 0 Å². The van der Waals surface area contributed by atoms with Gasteiger partial charge in [0.25, 0.3) is 0 Å². The van der Waals surface area contributed by atoms with E-state index in [4.69, 9.17) is 0 Å². The van der Waals surface area contributed by atoms with Crippen molar-refractivity contribution in [3.63, 3.8) is 0 Å². The molecule has 1 aromatic rings. The largest absolute Gasteiger partial charge is 0.385 e. The predicted octanol–water partition coefficient (Wildman–Crippen LogP) is 3.13. The molecule has 1 aromatic carbocycles. The van der Waals surface area contributed by atoms with Crippen LogP contribution in [0.15, 0.2) is 24.3 Å². The lowest BCUT2D eigenvalue weighted by atomic mass is 9.65. The Balaban J connectivity index is 2.34. The van der Waals surface area contributed by atoms with Gasteiger partial charge in [-0.15, -0.1) is 0 Å². The van der Waals surface area contributed by atoms with Crippen LogP contribution in [0, 0.1) is 17.9 Å². The fraction of sp³-hybridized carbons (Fsp3) is 0.571.